The van der Waals surface area contributed by atoms with Crippen molar-refractivity contribution in [3.63, 3.8) is 0 Å². The molecule has 1 aromatic heterocycles. The van der Waals surface area contributed by atoms with E-state index in [1.54, 1.807) is 24.3 Å². The summed E-state index contributed by atoms with van der Waals surface area (Å²) in [6, 6.07) is 6.78. The van der Waals surface area contributed by atoms with Crippen LogP contribution in [0.2, 0.25) is 0 Å². The van der Waals surface area contributed by atoms with E-state index in [4.69, 9.17) is 18.9 Å². The van der Waals surface area contributed by atoms with Gasteiger partial charge in [-0.15, -0.1) is 0 Å². The van der Waals surface area contributed by atoms with Crippen LogP contribution >= 0.6 is 0 Å². The largest absolute Gasteiger partial charge is 0.497 e. The summed E-state index contributed by atoms with van der Waals surface area (Å²) in [5, 5.41) is 4.33. The van der Waals surface area contributed by atoms with Crippen molar-refractivity contribution >= 4 is 6.09 Å². The number of benzene rings is 1. The van der Waals surface area contributed by atoms with Gasteiger partial charge in [-0.2, -0.15) is 18.3 Å². The number of hydrogen-bond acceptors (Lipinski definition) is 6. The topological polar surface area (TPSA) is 75.1 Å². The number of rotatable bonds is 8. The second-order valence-corrected chi connectivity index (χ2v) is 9.57. The molecule has 2 fully saturated rings. The number of methoxy groups -OCH3 is 1. The standard InChI is InChI=1S/C25H32F3N3O5/c1-18-12-29-31(13-18)14-20-11-24(35-16-20)7-9-30(10-8-24)23(32)36-22(25(26,27)28)17-34-15-19-3-5-21(33-2)6-4-19/h3-6,12-13,20,22H,7-11,14-17H2,1-2H3/t20?,22-/m1/s1. The summed E-state index contributed by atoms with van der Waals surface area (Å²) < 4.78 is 63.7. The van der Waals surface area contributed by atoms with E-state index in [2.05, 4.69) is 5.10 Å². The van der Waals surface area contributed by atoms with E-state index in [-0.39, 0.29) is 25.3 Å². The highest BCUT2D eigenvalue weighted by Gasteiger charge is 2.46. The zero-order valence-electron chi connectivity index (χ0n) is 20.5. The zero-order valence-corrected chi connectivity index (χ0v) is 20.5. The average Bonchev–Trinajstić information content (AvgIpc) is 3.44. The monoisotopic (exact) mass is 511 g/mol. The first-order valence-electron chi connectivity index (χ1n) is 12.0. The maximum atomic E-state index is 13.5. The van der Waals surface area contributed by atoms with Crippen LogP contribution in [0.5, 0.6) is 5.75 Å². The zero-order chi connectivity index (χ0) is 25.8. The third-order valence-corrected chi connectivity index (χ3v) is 6.73. The van der Waals surface area contributed by atoms with Gasteiger partial charge in [0.25, 0.3) is 0 Å². The lowest BCUT2D eigenvalue weighted by Gasteiger charge is -2.38. The Morgan fingerprint density at radius 2 is 1.97 bits per heavy atom. The molecule has 4 rings (SSSR count). The molecule has 198 valence electrons. The van der Waals surface area contributed by atoms with Gasteiger partial charge in [0.05, 0.1) is 38.7 Å². The summed E-state index contributed by atoms with van der Waals surface area (Å²) in [5.74, 6) is 0.941. The molecule has 1 aromatic carbocycles. The summed E-state index contributed by atoms with van der Waals surface area (Å²) in [4.78, 5) is 13.9. The minimum atomic E-state index is -4.74. The van der Waals surface area contributed by atoms with Crippen LogP contribution in [0, 0.1) is 12.8 Å². The number of ether oxygens (including phenoxy) is 4. The van der Waals surface area contributed by atoms with Crippen molar-refractivity contribution in [3.8, 4) is 5.75 Å². The number of nitrogens with zero attached hydrogens (tertiary/aromatic N) is 3. The lowest BCUT2D eigenvalue weighted by Crippen LogP contribution is -2.49. The van der Waals surface area contributed by atoms with Crippen LogP contribution in [0.3, 0.4) is 0 Å². The van der Waals surface area contributed by atoms with Crippen molar-refractivity contribution in [3.05, 3.63) is 47.8 Å². The maximum Gasteiger partial charge on any atom is 0.427 e. The molecule has 1 unspecified atom stereocenters. The Morgan fingerprint density at radius 3 is 2.58 bits per heavy atom. The Labute approximate surface area is 208 Å². The first-order valence-corrected chi connectivity index (χ1v) is 12.0. The first kappa shape index (κ1) is 26.3. The number of piperidine rings is 1. The van der Waals surface area contributed by atoms with E-state index < -0.39 is 25.0 Å². The number of likely N-dealkylation sites (tertiary alicyclic amines) is 1. The lowest BCUT2D eigenvalue weighted by molar-refractivity contribution is -0.220. The highest BCUT2D eigenvalue weighted by atomic mass is 19.4. The Bertz CT molecular complexity index is 1000. The number of halogens is 3. The Kier molecular flexibility index (Phi) is 8.09. The molecule has 0 bridgehead atoms. The van der Waals surface area contributed by atoms with E-state index >= 15 is 0 Å². The van der Waals surface area contributed by atoms with E-state index in [1.807, 2.05) is 24.0 Å². The van der Waals surface area contributed by atoms with Gasteiger partial charge in [-0.05, 0) is 49.4 Å². The molecule has 2 aromatic rings. The number of amides is 1. The van der Waals surface area contributed by atoms with Gasteiger partial charge >= 0.3 is 12.3 Å². The van der Waals surface area contributed by atoms with Crippen molar-refractivity contribution in [1.29, 1.82) is 0 Å². The second kappa shape index (κ2) is 11.1. The molecule has 0 saturated carbocycles. The number of aryl methyl sites for hydroxylation is 1. The molecule has 8 nitrogen and oxygen atoms in total. The number of hydrogen-bond donors (Lipinski definition) is 0. The van der Waals surface area contributed by atoms with Crippen molar-refractivity contribution in [2.24, 2.45) is 5.92 Å². The van der Waals surface area contributed by atoms with Gasteiger partial charge in [-0.3, -0.25) is 4.68 Å². The van der Waals surface area contributed by atoms with Crippen LogP contribution in [-0.4, -0.2) is 72.1 Å². The van der Waals surface area contributed by atoms with E-state index in [0.29, 0.717) is 36.7 Å². The van der Waals surface area contributed by atoms with Gasteiger partial charge in [0.2, 0.25) is 6.10 Å². The van der Waals surface area contributed by atoms with Crippen molar-refractivity contribution in [2.75, 3.05) is 33.4 Å². The normalized spacial score (nSPS) is 20.5. The molecule has 0 radical (unpaired) electrons. The van der Waals surface area contributed by atoms with Gasteiger partial charge in [0.15, 0.2) is 0 Å². The van der Waals surface area contributed by atoms with E-state index in [9.17, 15) is 18.0 Å². The summed E-state index contributed by atoms with van der Waals surface area (Å²) in [5.41, 5.74) is 1.43. The Hall–Kier alpha value is -2.79. The molecule has 0 aliphatic carbocycles. The summed E-state index contributed by atoms with van der Waals surface area (Å²) in [6.45, 7) is 3.08. The fourth-order valence-electron chi connectivity index (χ4n) is 4.73. The quantitative estimate of drug-likeness (QED) is 0.525. The number of carbonyl (C=O) groups is 1. The van der Waals surface area contributed by atoms with Gasteiger partial charge < -0.3 is 23.8 Å². The molecular weight excluding hydrogens is 479 g/mol. The van der Waals surface area contributed by atoms with Gasteiger partial charge in [0.1, 0.15) is 5.75 Å². The number of aromatic nitrogens is 2. The molecule has 1 spiro atoms. The molecule has 2 aliphatic heterocycles. The molecular formula is C25H32F3N3O5. The molecule has 3 heterocycles. The van der Waals surface area contributed by atoms with Crippen LogP contribution in [0.4, 0.5) is 18.0 Å². The number of alkyl halides is 3. The highest BCUT2D eigenvalue weighted by molar-refractivity contribution is 5.68. The molecule has 11 heteroatoms. The summed E-state index contributed by atoms with van der Waals surface area (Å²) in [6.07, 6.45) is -2.32. The minimum absolute atomic E-state index is 0.0447. The fourth-order valence-corrected chi connectivity index (χ4v) is 4.73. The highest BCUT2D eigenvalue weighted by Crippen LogP contribution is 2.39. The van der Waals surface area contributed by atoms with Gasteiger partial charge in [-0.1, -0.05) is 12.1 Å². The third-order valence-electron chi connectivity index (χ3n) is 6.73. The predicted octanol–water partition coefficient (Wildman–Crippen LogP) is 4.36. The first-order chi connectivity index (χ1) is 17.2. The van der Waals surface area contributed by atoms with E-state index in [1.165, 1.54) is 12.0 Å². The Morgan fingerprint density at radius 1 is 1.25 bits per heavy atom. The van der Waals surface area contributed by atoms with Crippen LogP contribution in [0.15, 0.2) is 36.7 Å². The Balaban J connectivity index is 1.24. The lowest BCUT2D eigenvalue weighted by atomic mass is 9.85. The van der Waals surface area contributed by atoms with E-state index in [0.717, 1.165) is 18.5 Å². The number of carbonyl (C=O) groups excluding carboxylic acids is 1. The molecule has 2 saturated heterocycles. The fraction of sp³-hybridized carbons (Fsp3) is 0.600. The van der Waals surface area contributed by atoms with Crippen LogP contribution in [0.25, 0.3) is 0 Å². The van der Waals surface area contributed by atoms with Crippen molar-refractivity contribution < 1.29 is 36.9 Å². The van der Waals surface area contributed by atoms with Crippen molar-refractivity contribution in [2.45, 2.75) is 57.2 Å². The summed E-state index contributed by atoms with van der Waals surface area (Å²) in [7, 11) is 1.52. The third kappa shape index (κ3) is 6.70. The van der Waals surface area contributed by atoms with Crippen LogP contribution < -0.4 is 4.74 Å². The van der Waals surface area contributed by atoms with Crippen LogP contribution in [-0.2, 0) is 27.4 Å². The molecule has 2 aliphatic rings. The second-order valence-electron chi connectivity index (χ2n) is 9.57. The minimum Gasteiger partial charge on any atom is -0.497 e. The molecule has 1 amide bonds. The predicted molar refractivity (Wildman–Crippen MR) is 124 cm³/mol. The average molecular weight is 512 g/mol. The maximum absolute atomic E-state index is 13.5. The molecule has 36 heavy (non-hydrogen) atoms. The summed E-state index contributed by atoms with van der Waals surface area (Å²) >= 11 is 0. The van der Waals surface area contributed by atoms with Gasteiger partial charge in [0, 0.05) is 31.7 Å². The van der Waals surface area contributed by atoms with Crippen molar-refractivity contribution in [1.82, 2.24) is 14.7 Å². The molecule has 2 atom stereocenters. The van der Waals surface area contributed by atoms with Gasteiger partial charge in [-0.25, -0.2) is 4.79 Å². The molecule has 0 N–H and O–H groups in total. The van der Waals surface area contributed by atoms with Crippen LogP contribution in [0.1, 0.15) is 30.4 Å². The smallest absolute Gasteiger partial charge is 0.427 e. The SMILES string of the molecule is COc1ccc(COC[C@@H](OC(=O)N2CCC3(CC2)CC(Cn2cc(C)cn2)CO3)C(F)(F)F)cc1.